The number of hydrogen-bond acceptors (Lipinski definition) is 6. The van der Waals surface area contributed by atoms with Crippen molar-refractivity contribution >= 4 is 34.1 Å². The van der Waals surface area contributed by atoms with Crippen LogP contribution in [0.25, 0.3) is 0 Å². The molecule has 2 amide bonds. The predicted molar refractivity (Wildman–Crippen MR) is 123 cm³/mol. The van der Waals surface area contributed by atoms with Gasteiger partial charge in [-0.15, -0.1) is 11.3 Å². The highest BCUT2D eigenvalue weighted by atomic mass is 32.1. The van der Waals surface area contributed by atoms with Gasteiger partial charge in [0, 0.05) is 24.4 Å². The molecular formula is C23H35N3O4S. The van der Waals surface area contributed by atoms with E-state index in [2.05, 4.69) is 22.5 Å². The Kier molecular flexibility index (Phi) is 8.49. The molecule has 2 N–H and O–H groups in total. The standard InChI is InChI=1S/C23H35N3O4S/c1-4-6-19(27)24-12-16-7-5-10-26(13-16)14-20(28)25-22-21(23(29)30-3)17-9-8-15(2)11-18(17)31-22/h15-16H,4-14H2,1-3H3,(H,24,27)(H,25,28). The predicted octanol–water partition coefficient (Wildman–Crippen LogP) is 3.23. The number of nitrogens with zero attached hydrogens (tertiary/aromatic N) is 1. The zero-order valence-corrected chi connectivity index (χ0v) is 19.7. The van der Waals surface area contributed by atoms with Crippen LogP contribution in [0.4, 0.5) is 5.00 Å². The molecule has 0 spiro atoms. The van der Waals surface area contributed by atoms with E-state index in [1.165, 1.54) is 23.3 Å². The maximum absolute atomic E-state index is 12.8. The lowest BCUT2D eigenvalue weighted by Gasteiger charge is -2.32. The van der Waals surface area contributed by atoms with Crippen LogP contribution in [-0.4, -0.2) is 56.0 Å². The number of rotatable bonds is 8. The maximum Gasteiger partial charge on any atom is 0.341 e. The van der Waals surface area contributed by atoms with Crippen molar-refractivity contribution in [2.24, 2.45) is 11.8 Å². The molecule has 1 aliphatic carbocycles. The number of thiophene rings is 1. The second kappa shape index (κ2) is 11.1. The van der Waals surface area contributed by atoms with Crippen LogP contribution in [0, 0.1) is 11.8 Å². The first-order valence-electron chi connectivity index (χ1n) is 11.4. The summed E-state index contributed by atoms with van der Waals surface area (Å²) >= 11 is 1.52. The van der Waals surface area contributed by atoms with Crippen LogP contribution in [0.15, 0.2) is 0 Å². The minimum absolute atomic E-state index is 0.101. The van der Waals surface area contributed by atoms with Gasteiger partial charge in [0.2, 0.25) is 11.8 Å². The minimum Gasteiger partial charge on any atom is -0.465 e. The van der Waals surface area contributed by atoms with Gasteiger partial charge in [-0.1, -0.05) is 13.8 Å². The highest BCUT2D eigenvalue weighted by Crippen LogP contribution is 2.40. The Hall–Kier alpha value is -1.93. The molecule has 0 bridgehead atoms. The van der Waals surface area contributed by atoms with E-state index in [1.54, 1.807) is 0 Å². The number of carbonyl (C=O) groups excluding carboxylic acids is 3. The van der Waals surface area contributed by atoms with E-state index >= 15 is 0 Å². The molecule has 3 rings (SSSR count). The van der Waals surface area contributed by atoms with Crippen LogP contribution in [-0.2, 0) is 27.2 Å². The highest BCUT2D eigenvalue weighted by molar-refractivity contribution is 7.17. The molecule has 1 aliphatic heterocycles. The lowest BCUT2D eigenvalue weighted by molar-refractivity contribution is -0.121. The Morgan fingerprint density at radius 1 is 1.23 bits per heavy atom. The van der Waals surface area contributed by atoms with Gasteiger partial charge in [0.25, 0.3) is 0 Å². The molecule has 1 saturated heterocycles. The zero-order chi connectivity index (χ0) is 22.4. The summed E-state index contributed by atoms with van der Waals surface area (Å²) in [5, 5.41) is 6.62. The van der Waals surface area contributed by atoms with Crippen molar-refractivity contribution in [3.05, 3.63) is 16.0 Å². The number of anilines is 1. The van der Waals surface area contributed by atoms with Gasteiger partial charge in [0.1, 0.15) is 5.00 Å². The second-order valence-electron chi connectivity index (χ2n) is 8.89. The van der Waals surface area contributed by atoms with E-state index in [0.717, 1.165) is 57.2 Å². The third-order valence-corrected chi connectivity index (χ3v) is 7.36. The smallest absolute Gasteiger partial charge is 0.341 e. The fourth-order valence-corrected chi connectivity index (χ4v) is 5.98. The summed E-state index contributed by atoms with van der Waals surface area (Å²) in [6.07, 6.45) is 6.33. The second-order valence-corrected chi connectivity index (χ2v) is 10.00. The van der Waals surface area contributed by atoms with Crippen molar-refractivity contribution in [3.63, 3.8) is 0 Å². The fraction of sp³-hybridized carbons (Fsp3) is 0.696. The van der Waals surface area contributed by atoms with E-state index in [-0.39, 0.29) is 17.8 Å². The molecule has 1 fully saturated rings. The average Bonchev–Trinajstić information content (AvgIpc) is 3.08. The molecule has 0 saturated carbocycles. The maximum atomic E-state index is 12.8. The summed E-state index contributed by atoms with van der Waals surface area (Å²) in [6.45, 7) is 6.84. The van der Waals surface area contributed by atoms with Crippen molar-refractivity contribution in [1.29, 1.82) is 0 Å². The lowest BCUT2D eigenvalue weighted by Crippen LogP contribution is -2.43. The lowest BCUT2D eigenvalue weighted by atomic mass is 9.88. The molecule has 0 aromatic carbocycles. The van der Waals surface area contributed by atoms with E-state index in [0.29, 0.717) is 41.9 Å². The topological polar surface area (TPSA) is 87.7 Å². The SMILES string of the molecule is CCCC(=O)NCC1CCCN(CC(=O)Nc2sc3c(c2C(=O)OC)CCC(C)C3)C1. The zero-order valence-electron chi connectivity index (χ0n) is 18.9. The normalized spacial score (nSPS) is 21.3. The van der Waals surface area contributed by atoms with Crippen molar-refractivity contribution in [3.8, 4) is 0 Å². The van der Waals surface area contributed by atoms with Gasteiger partial charge in [-0.2, -0.15) is 0 Å². The first-order chi connectivity index (χ1) is 14.9. The summed E-state index contributed by atoms with van der Waals surface area (Å²) in [4.78, 5) is 40.3. The van der Waals surface area contributed by atoms with Crippen molar-refractivity contribution < 1.29 is 19.1 Å². The Bertz CT molecular complexity index is 807. The van der Waals surface area contributed by atoms with Crippen LogP contribution in [0.1, 0.15) is 66.8 Å². The summed E-state index contributed by atoms with van der Waals surface area (Å²) in [7, 11) is 1.39. The average molecular weight is 450 g/mol. The monoisotopic (exact) mass is 449 g/mol. The number of hydrogen-bond donors (Lipinski definition) is 2. The molecule has 0 radical (unpaired) electrons. The highest BCUT2D eigenvalue weighted by Gasteiger charge is 2.29. The number of likely N-dealkylation sites (tertiary alicyclic amines) is 1. The Labute approximate surface area is 188 Å². The molecule has 8 heteroatoms. The molecule has 2 heterocycles. The van der Waals surface area contributed by atoms with E-state index in [4.69, 9.17) is 4.74 Å². The van der Waals surface area contributed by atoms with Gasteiger partial charge in [-0.3, -0.25) is 14.5 Å². The Morgan fingerprint density at radius 2 is 2.03 bits per heavy atom. The molecule has 172 valence electrons. The largest absolute Gasteiger partial charge is 0.465 e. The molecule has 1 aromatic rings. The summed E-state index contributed by atoms with van der Waals surface area (Å²) in [5.74, 6) is 0.575. The van der Waals surface area contributed by atoms with Crippen LogP contribution in [0.5, 0.6) is 0 Å². The van der Waals surface area contributed by atoms with Crippen LogP contribution >= 0.6 is 11.3 Å². The Morgan fingerprint density at radius 3 is 2.77 bits per heavy atom. The minimum atomic E-state index is -0.372. The van der Waals surface area contributed by atoms with Crippen molar-refractivity contribution in [2.45, 2.75) is 58.8 Å². The van der Waals surface area contributed by atoms with Gasteiger partial charge in [-0.25, -0.2) is 4.79 Å². The van der Waals surface area contributed by atoms with Crippen LogP contribution in [0.3, 0.4) is 0 Å². The fourth-order valence-electron chi connectivity index (χ4n) is 4.56. The summed E-state index contributed by atoms with van der Waals surface area (Å²) in [5.41, 5.74) is 1.59. The molecule has 1 aromatic heterocycles. The number of fused-ring (bicyclic) bond motifs is 1. The van der Waals surface area contributed by atoms with E-state index < -0.39 is 0 Å². The first kappa shape index (κ1) is 23.7. The van der Waals surface area contributed by atoms with Crippen LogP contribution < -0.4 is 10.6 Å². The molecule has 2 unspecified atom stereocenters. The quantitative estimate of drug-likeness (QED) is 0.595. The van der Waals surface area contributed by atoms with Gasteiger partial charge >= 0.3 is 5.97 Å². The molecular weight excluding hydrogens is 414 g/mol. The van der Waals surface area contributed by atoms with Gasteiger partial charge in [0.15, 0.2) is 0 Å². The third-order valence-electron chi connectivity index (χ3n) is 6.19. The van der Waals surface area contributed by atoms with Gasteiger partial charge < -0.3 is 15.4 Å². The van der Waals surface area contributed by atoms with E-state index in [1.807, 2.05) is 6.92 Å². The number of ether oxygens (including phenoxy) is 1. The van der Waals surface area contributed by atoms with Gasteiger partial charge in [-0.05, 0) is 62.5 Å². The van der Waals surface area contributed by atoms with Crippen molar-refractivity contribution in [1.82, 2.24) is 10.2 Å². The summed E-state index contributed by atoms with van der Waals surface area (Å²) in [6, 6.07) is 0. The number of carbonyl (C=O) groups is 3. The number of methoxy groups -OCH3 is 1. The number of piperidine rings is 1. The first-order valence-corrected chi connectivity index (χ1v) is 12.2. The summed E-state index contributed by atoms with van der Waals surface area (Å²) < 4.78 is 5.01. The number of amides is 2. The third kappa shape index (κ3) is 6.29. The van der Waals surface area contributed by atoms with Crippen LogP contribution in [0.2, 0.25) is 0 Å². The van der Waals surface area contributed by atoms with Gasteiger partial charge in [0.05, 0.1) is 19.2 Å². The Balaban J connectivity index is 1.59. The van der Waals surface area contributed by atoms with Crippen molar-refractivity contribution in [2.75, 3.05) is 38.6 Å². The number of esters is 1. The van der Waals surface area contributed by atoms with E-state index in [9.17, 15) is 14.4 Å². The number of nitrogens with one attached hydrogen (secondary N) is 2. The molecule has 31 heavy (non-hydrogen) atoms. The molecule has 2 atom stereocenters. The molecule has 7 nitrogen and oxygen atoms in total. The molecule has 2 aliphatic rings.